The van der Waals surface area contributed by atoms with E-state index in [1.807, 2.05) is 30.5 Å². The standard InChI is InChI=1S/C19H23N3O4/c1-2-26-19(25)17(9-8-14(23)11-20)22-18(24)10-7-13-12-21-16-6-4-3-5-15(13)16/h3-6,11-12,17,20-21H,2,7-10H2,1H3,(H,22,24)/t17-/m0/s1. The summed E-state index contributed by atoms with van der Waals surface area (Å²) in [5.41, 5.74) is 2.04. The molecule has 0 saturated heterocycles. The number of esters is 1. The van der Waals surface area contributed by atoms with E-state index in [2.05, 4.69) is 10.3 Å². The zero-order valence-electron chi connectivity index (χ0n) is 14.7. The molecular weight excluding hydrogens is 334 g/mol. The summed E-state index contributed by atoms with van der Waals surface area (Å²) in [6.07, 6.45) is 3.47. The lowest BCUT2D eigenvalue weighted by molar-refractivity contribution is -0.147. The van der Waals surface area contributed by atoms with Gasteiger partial charge in [0.2, 0.25) is 5.91 Å². The van der Waals surface area contributed by atoms with Gasteiger partial charge < -0.3 is 20.4 Å². The molecule has 2 aromatic rings. The first-order valence-electron chi connectivity index (χ1n) is 8.59. The van der Waals surface area contributed by atoms with Crippen LogP contribution in [-0.2, 0) is 25.5 Å². The fourth-order valence-electron chi connectivity index (χ4n) is 2.70. The highest BCUT2D eigenvalue weighted by Crippen LogP contribution is 2.19. The van der Waals surface area contributed by atoms with Crippen molar-refractivity contribution in [2.75, 3.05) is 6.61 Å². The molecule has 7 nitrogen and oxygen atoms in total. The van der Waals surface area contributed by atoms with Crippen LogP contribution < -0.4 is 5.32 Å². The average Bonchev–Trinajstić information content (AvgIpc) is 3.06. The summed E-state index contributed by atoms with van der Waals surface area (Å²) in [5.74, 6) is -1.24. The van der Waals surface area contributed by atoms with Crippen LogP contribution in [-0.4, -0.2) is 41.5 Å². The van der Waals surface area contributed by atoms with Crippen LogP contribution in [0.4, 0.5) is 0 Å². The third-order valence-corrected chi connectivity index (χ3v) is 4.04. The van der Waals surface area contributed by atoms with E-state index in [1.165, 1.54) is 0 Å². The lowest BCUT2D eigenvalue weighted by Crippen LogP contribution is -2.42. The number of amides is 1. The Morgan fingerprint density at radius 3 is 2.77 bits per heavy atom. The molecule has 1 amide bonds. The largest absolute Gasteiger partial charge is 0.464 e. The Balaban J connectivity index is 1.93. The fraction of sp³-hybridized carbons (Fsp3) is 0.368. The monoisotopic (exact) mass is 357 g/mol. The minimum Gasteiger partial charge on any atom is -0.464 e. The van der Waals surface area contributed by atoms with Crippen molar-refractivity contribution in [2.45, 2.75) is 38.6 Å². The molecule has 1 aromatic carbocycles. The number of para-hydroxylation sites is 1. The van der Waals surface area contributed by atoms with Crippen LogP contribution in [0.2, 0.25) is 0 Å². The van der Waals surface area contributed by atoms with Crippen LogP contribution in [0, 0.1) is 5.41 Å². The van der Waals surface area contributed by atoms with Gasteiger partial charge in [-0.05, 0) is 31.4 Å². The highest BCUT2D eigenvalue weighted by Gasteiger charge is 2.22. The van der Waals surface area contributed by atoms with Crippen LogP contribution in [0.5, 0.6) is 0 Å². The van der Waals surface area contributed by atoms with Crippen molar-refractivity contribution in [3.8, 4) is 0 Å². The molecule has 0 fully saturated rings. The summed E-state index contributed by atoms with van der Waals surface area (Å²) in [6, 6.07) is 6.96. The first kappa shape index (κ1) is 19.4. The fourth-order valence-corrected chi connectivity index (χ4v) is 2.70. The van der Waals surface area contributed by atoms with Crippen molar-refractivity contribution >= 4 is 34.8 Å². The number of aryl methyl sites for hydroxylation is 1. The molecule has 0 radical (unpaired) electrons. The van der Waals surface area contributed by atoms with Gasteiger partial charge in [0, 0.05) is 29.9 Å². The SMILES string of the molecule is CCOC(=O)[C@H](CCC(=O)C=N)NC(=O)CCc1c[nH]c2ccccc12. The van der Waals surface area contributed by atoms with Gasteiger partial charge in [-0.25, -0.2) is 4.79 Å². The molecule has 26 heavy (non-hydrogen) atoms. The predicted octanol–water partition coefficient (Wildman–Crippen LogP) is 2.15. The molecule has 1 aromatic heterocycles. The lowest BCUT2D eigenvalue weighted by atomic mass is 10.1. The highest BCUT2D eigenvalue weighted by atomic mass is 16.5. The summed E-state index contributed by atoms with van der Waals surface area (Å²) >= 11 is 0. The van der Waals surface area contributed by atoms with Crippen LogP contribution in [0.15, 0.2) is 30.5 Å². The van der Waals surface area contributed by atoms with Gasteiger partial charge in [-0.2, -0.15) is 0 Å². The van der Waals surface area contributed by atoms with Crippen LogP contribution in [0.1, 0.15) is 31.7 Å². The van der Waals surface area contributed by atoms with Gasteiger partial charge >= 0.3 is 5.97 Å². The number of rotatable bonds is 10. The number of aromatic amines is 1. The first-order valence-corrected chi connectivity index (χ1v) is 8.59. The number of ketones is 1. The van der Waals surface area contributed by atoms with Gasteiger partial charge in [-0.15, -0.1) is 0 Å². The quantitative estimate of drug-likeness (QED) is 0.447. The zero-order valence-corrected chi connectivity index (χ0v) is 14.7. The highest BCUT2D eigenvalue weighted by molar-refractivity contribution is 6.26. The van der Waals surface area contributed by atoms with E-state index >= 15 is 0 Å². The van der Waals surface area contributed by atoms with Crippen molar-refractivity contribution in [2.24, 2.45) is 0 Å². The number of Topliss-reactive ketones (excluding diaryl/α,β-unsaturated/α-hetero) is 1. The summed E-state index contributed by atoms with van der Waals surface area (Å²) in [6.45, 7) is 1.87. The maximum atomic E-state index is 12.2. The van der Waals surface area contributed by atoms with E-state index in [9.17, 15) is 14.4 Å². The smallest absolute Gasteiger partial charge is 0.328 e. The Morgan fingerprint density at radius 2 is 2.04 bits per heavy atom. The summed E-state index contributed by atoms with van der Waals surface area (Å²) in [4.78, 5) is 38.7. The first-order chi connectivity index (χ1) is 12.5. The van der Waals surface area contributed by atoms with Gasteiger partial charge in [0.05, 0.1) is 12.8 Å². The number of carbonyl (C=O) groups is 3. The van der Waals surface area contributed by atoms with Crippen LogP contribution in [0.3, 0.4) is 0 Å². The Morgan fingerprint density at radius 1 is 1.27 bits per heavy atom. The van der Waals surface area contributed by atoms with Gasteiger partial charge in [0.15, 0.2) is 5.78 Å². The van der Waals surface area contributed by atoms with Crippen LogP contribution >= 0.6 is 0 Å². The van der Waals surface area contributed by atoms with Crippen molar-refractivity contribution < 1.29 is 19.1 Å². The van der Waals surface area contributed by atoms with Crippen molar-refractivity contribution in [3.63, 3.8) is 0 Å². The second-order valence-electron chi connectivity index (χ2n) is 5.88. The molecule has 0 aliphatic carbocycles. The average molecular weight is 357 g/mol. The molecule has 3 N–H and O–H groups in total. The molecule has 2 rings (SSSR count). The summed E-state index contributed by atoms with van der Waals surface area (Å²) in [7, 11) is 0. The van der Waals surface area contributed by atoms with Crippen molar-refractivity contribution in [1.82, 2.24) is 10.3 Å². The van der Waals surface area contributed by atoms with E-state index in [-0.39, 0.29) is 31.8 Å². The maximum absolute atomic E-state index is 12.2. The van der Waals surface area contributed by atoms with E-state index in [0.717, 1.165) is 16.5 Å². The minimum atomic E-state index is -0.880. The molecule has 0 aliphatic heterocycles. The van der Waals surface area contributed by atoms with Gasteiger partial charge in [0.1, 0.15) is 6.04 Å². The van der Waals surface area contributed by atoms with Crippen molar-refractivity contribution in [3.05, 3.63) is 36.0 Å². The van der Waals surface area contributed by atoms with Gasteiger partial charge in [0.25, 0.3) is 0 Å². The Labute approximate surface area is 151 Å². The topological polar surface area (TPSA) is 112 Å². The molecule has 0 saturated carbocycles. The number of aromatic nitrogens is 1. The molecule has 1 heterocycles. The van der Waals surface area contributed by atoms with Crippen molar-refractivity contribution in [1.29, 1.82) is 5.41 Å². The minimum absolute atomic E-state index is 0.00963. The predicted molar refractivity (Wildman–Crippen MR) is 98.2 cm³/mol. The molecular formula is C19H23N3O4. The summed E-state index contributed by atoms with van der Waals surface area (Å²) in [5, 5.41) is 10.6. The van der Waals surface area contributed by atoms with E-state index < -0.39 is 17.8 Å². The molecule has 7 heteroatoms. The zero-order chi connectivity index (χ0) is 18.9. The van der Waals surface area contributed by atoms with E-state index in [0.29, 0.717) is 12.6 Å². The molecule has 0 unspecified atom stereocenters. The number of hydrogen-bond acceptors (Lipinski definition) is 5. The maximum Gasteiger partial charge on any atom is 0.328 e. The number of hydrogen-bond donors (Lipinski definition) is 3. The number of nitrogens with one attached hydrogen (secondary N) is 3. The molecule has 1 atom stereocenters. The lowest BCUT2D eigenvalue weighted by Gasteiger charge is -2.16. The molecule has 0 aliphatic rings. The Hall–Kier alpha value is -2.96. The van der Waals surface area contributed by atoms with Gasteiger partial charge in [-0.3, -0.25) is 9.59 Å². The molecule has 138 valence electrons. The van der Waals surface area contributed by atoms with Crippen LogP contribution in [0.25, 0.3) is 10.9 Å². The van der Waals surface area contributed by atoms with E-state index in [4.69, 9.17) is 10.1 Å². The van der Waals surface area contributed by atoms with Gasteiger partial charge in [-0.1, -0.05) is 18.2 Å². The third kappa shape index (κ3) is 5.27. The van der Waals surface area contributed by atoms with E-state index in [1.54, 1.807) is 6.92 Å². The summed E-state index contributed by atoms with van der Waals surface area (Å²) < 4.78 is 4.95. The number of carbonyl (C=O) groups excluding carboxylic acids is 3. The molecule has 0 bridgehead atoms. The Kier molecular flexibility index (Phi) is 7.08. The second-order valence-corrected chi connectivity index (χ2v) is 5.88. The normalized spacial score (nSPS) is 11.7. The molecule has 0 spiro atoms. The second kappa shape index (κ2) is 9.50. The number of ether oxygens (including phenoxy) is 1. The number of benzene rings is 1. The number of fused-ring (bicyclic) bond motifs is 1. The third-order valence-electron chi connectivity index (χ3n) is 4.04. The number of H-pyrrole nitrogens is 1. The Bertz CT molecular complexity index is 797.